The summed E-state index contributed by atoms with van der Waals surface area (Å²) in [6, 6.07) is 0. The van der Waals surface area contributed by atoms with E-state index in [1.54, 1.807) is 0 Å². The smallest absolute Gasteiger partial charge is 0.303 e. The monoisotopic (exact) mass is 535 g/mol. The topological polar surface area (TPSA) is 131 Å². The molecule has 206 valence electrons. The molecular formula is C27H41N3O6S. The first-order valence-corrected chi connectivity index (χ1v) is 14.5. The summed E-state index contributed by atoms with van der Waals surface area (Å²) in [4.78, 5) is 37.0. The average molecular weight is 536 g/mol. The molecule has 4 saturated carbocycles. The minimum Gasteiger partial charge on any atom is -0.481 e. The van der Waals surface area contributed by atoms with Gasteiger partial charge in [-0.3, -0.25) is 14.4 Å². The van der Waals surface area contributed by atoms with Crippen LogP contribution < -0.4 is 15.4 Å². The van der Waals surface area contributed by atoms with Gasteiger partial charge in [-0.2, -0.15) is 0 Å². The van der Waals surface area contributed by atoms with Gasteiger partial charge in [0, 0.05) is 23.6 Å². The molecule has 2 amide bonds. The van der Waals surface area contributed by atoms with Crippen LogP contribution >= 0.6 is 11.8 Å². The van der Waals surface area contributed by atoms with Crippen molar-refractivity contribution in [2.24, 2.45) is 17.8 Å². The summed E-state index contributed by atoms with van der Waals surface area (Å²) in [5.74, 6) is 1.39. The van der Waals surface area contributed by atoms with E-state index in [0.29, 0.717) is 17.7 Å². The van der Waals surface area contributed by atoms with Gasteiger partial charge in [-0.05, 0) is 88.1 Å². The van der Waals surface area contributed by atoms with E-state index in [2.05, 4.69) is 15.8 Å². The zero-order chi connectivity index (χ0) is 26.8. The fraction of sp³-hybridized carbons (Fsp3) is 0.778. The highest BCUT2D eigenvalue weighted by atomic mass is 32.2. The van der Waals surface area contributed by atoms with Crippen molar-refractivity contribution in [1.82, 2.24) is 15.8 Å². The number of amides is 2. The van der Waals surface area contributed by atoms with Crippen LogP contribution in [0.15, 0.2) is 9.42 Å². The van der Waals surface area contributed by atoms with Gasteiger partial charge < -0.3 is 25.0 Å². The molecule has 10 heteroatoms. The molecule has 1 heterocycles. The molecule has 4 aliphatic carbocycles. The maximum atomic E-state index is 13.5. The molecule has 0 spiro atoms. The van der Waals surface area contributed by atoms with Crippen LogP contribution in [0.3, 0.4) is 0 Å². The molecule has 0 saturated heterocycles. The molecule has 1 aromatic heterocycles. The van der Waals surface area contributed by atoms with Crippen molar-refractivity contribution in [2.75, 3.05) is 6.61 Å². The predicted octanol–water partition coefficient (Wildman–Crippen LogP) is 4.79. The minimum absolute atomic E-state index is 0.0566. The van der Waals surface area contributed by atoms with Crippen molar-refractivity contribution >= 4 is 29.5 Å². The number of nitrogens with one attached hydrogen (secondary N) is 2. The number of hydrogen-bond acceptors (Lipinski definition) is 7. The molecule has 0 radical (unpaired) electrons. The third-order valence-corrected chi connectivity index (χ3v) is 8.76. The molecule has 3 N–H and O–H groups in total. The third kappa shape index (κ3) is 7.21. The van der Waals surface area contributed by atoms with Gasteiger partial charge in [-0.15, -0.1) is 11.8 Å². The Labute approximate surface area is 223 Å². The van der Waals surface area contributed by atoms with Crippen molar-refractivity contribution < 1.29 is 28.8 Å². The van der Waals surface area contributed by atoms with Crippen LogP contribution in [-0.2, 0) is 9.59 Å². The number of nitrogens with zero attached hydrogens (tertiary/aromatic N) is 1. The summed E-state index contributed by atoms with van der Waals surface area (Å²) in [6.07, 6.45) is 8.36. The maximum Gasteiger partial charge on any atom is 0.303 e. The number of carbonyl (C=O) groups is 3. The van der Waals surface area contributed by atoms with Crippen LogP contribution in [0.4, 0.5) is 0 Å². The summed E-state index contributed by atoms with van der Waals surface area (Å²) >= 11 is 1.48. The van der Waals surface area contributed by atoms with Crippen LogP contribution in [0, 0.1) is 17.8 Å². The highest BCUT2D eigenvalue weighted by Crippen LogP contribution is 2.55. The molecular weight excluding hydrogens is 494 g/mol. The Morgan fingerprint density at radius 3 is 2.27 bits per heavy atom. The lowest BCUT2D eigenvalue weighted by Crippen LogP contribution is -2.59. The third-order valence-electron chi connectivity index (χ3n) is 7.69. The van der Waals surface area contributed by atoms with Crippen molar-refractivity contribution in [3.8, 4) is 5.88 Å². The minimum atomic E-state index is -0.859. The molecule has 0 unspecified atom stereocenters. The molecule has 0 aliphatic heterocycles. The van der Waals surface area contributed by atoms with Crippen LogP contribution in [0.25, 0.3) is 0 Å². The fourth-order valence-electron chi connectivity index (χ4n) is 6.69. The van der Waals surface area contributed by atoms with Gasteiger partial charge in [0.2, 0.25) is 11.7 Å². The quantitative estimate of drug-likeness (QED) is 0.243. The molecule has 9 nitrogen and oxygen atoms in total. The zero-order valence-electron chi connectivity index (χ0n) is 22.4. The standard InChI is InChI=1S/C27H41N3O6S/c1-16(2)37-23-22(24(34)29-27-12-17-9-18(13-27)11-19(10-17)14-27)36-30-25(23)35-15-26(3,4)28-20(31)7-5-6-8-21(32)33/h16-19H,5-15H2,1-4H3,(H,28,31)(H,29,34)(H,32,33). The summed E-state index contributed by atoms with van der Waals surface area (Å²) < 4.78 is 11.5. The first-order valence-electron chi connectivity index (χ1n) is 13.6. The van der Waals surface area contributed by atoms with Crippen LogP contribution in [-0.4, -0.2) is 51.0 Å². The highest BCUT2D eigenvalue weighted by molar-refractivity contribution is 8.00. The maximum absolute atomic E-state index is 13.5. The Morgan fingerprint density at radius 2 is 1.70 bits per heavy atom. The molecule has 4 fully saturated rings. The number of carboxylic acid groups (broad SMARTS) is 1. The lowest BCUT2D eigenvalue weighted by Gasteiger charge is -2.56. The highest BCUT2D eigenvalue weighted by Gasteiger charge is 2.52. The zero-order valence-corrected chi connectivity index (χ0v) is 23.2. The van der Waals surface area contributed by atoms with Gasteiger partial charge in [0.1, 0.15) is 11.5 Å². The van der Waals surface area contributed by atoms with Crippen LogP contribution in [0.5, 0.6) is 5.88 Å². The van der Waals surface area contributed by atoms with E-state index < -0.39 is 11.5 Å². The number of hydrogen-bond donors (Lipinski definition) is 3. The van der Waals surface area contributed by atoms with Gasteiger partial charge in [-0.1, -0.05) is 13.8 Å². The second kappa shape index (κ2) is 11.3. The van der Waals surface area contributed by atoms with E-state index in [-0.39, 0.29) is 53.7 Å². The van der Waals surface area contributed by atoms with Gasteiger partial charge >= 0.3 is 5.97 Å². The lowest BCUT2D eigenvalue weighted by molar-refractivity contribution is -0.137. The molecule has 4 aliphatic rings. The van der Waals surface area contributed by atoms with E-state index >= 15 is 0 Å². The Bertz CT molecular complexity index is 969. The molecule has 37 heavy (non-hydrogen) atoms. The Balaban J connectivity index is 1.37. The number of ether oxygens (including phenoxy) is 1. The number of carboxylic acids is 1. The van der Waals surface area contributed by atoms with Crippen molar-refractivity contribution in [3.63, 3.8) is 0 Å². The molecule has 4 bridgehead atoms. The van der Waals surface area contributed by atoms with Gasteiger partial charge in [0.05, 0.1) is 5.54 Å². The van der Waals surface area contributed by atoms with E-state index in [9.17, 15) is 14.4 Å². The average Bonchev–Trinajstić information content (AvgIpc) is 3.15. The number of aromatic nitrogens is 1. The first kappa shape index (κ1) is 27.8. The van der Waals surface area contributed by atoms with Gasteiger partial charge in [-0.25, -0.2) is 0 Å². The number of carbonyl (C=O) groups excluding carboxylic acids is 2. The van der Waals surface area contributed by atoms with Crippen LogP contribution in [0.2, 0.25) is 0 Å². The molecule has 1 aromatic rings. The van der Waals surface area contributed by atoms with E-state index in [1.807, 2.05) is 27.7 Å². The number of unbranched alkanes of at least 4 members (excludes halogenated alkanes) is 1. The number of aliphatic carboxylic acids is 1. The summed E-state index contributed by atoms with van der Waals surface area (Å²) in [6.45, 7) is 7.91. The normalized spacial score (nSPS) is 26.4. The molecule has 0 atom stereocenters. The van der Waals surface area contributed by atoms with Gasteiger partial charge in [0.15, 0.2) is 0 Å². The van der Waals surface area contributed by atoms with E-state index in [0.717, 1.165) is 37.0 Å². The second-order valence-corrected chi connectivity index (χ2v) is 13.9. The van der Waals surface area contributed by atoms with Crippen LogP contribution in [0.1, 0.15) is 102 Å². The molecule has 0 aromatic carbocycles. The number of rotatable bonds is 13. The van der Waals surface area contributed by atoms with E-state index in [4.69, 9.17) is 14.4 Å². The fourth-order valence-corrected chi connectivity index (χ4v) is 7.60. The first-order chi connectivity index (χ1) is 17.4. The summed E-state index contributed by atoms with van der Waals surface area (Å²) in [5.41, 5.74) is -0.819. The van der Waals surface area contributed by atoms with Gasteiger partial charge in [0.25, 0.3) is 11.8 Å². The molecule has 5 rings (SSSR count). The Kier molecular flexibility index (Phi) is 8.45. The summed E-state index contributed by atoms with van der Waals surface area (Å²) in [5, 5.41) is 19.3. The predicted molar refractivity (Wildman–Crippen MR) is 140 cm³/mol. The van der Waals surface area contributed by atoms with Crippen molar-refractivity contribution in [1.29, 1.82) is 0 Å². The largest absolute Gasteiger partial charge is 0.481 e. The van der Waals surface area contributed by atoms with Crippen molar-refractivity contribution in [2.45, 2.75) is 113 Å². The summed E-state index contributed by atoms with van der Waals surface area (Å²) in [7, 11) is 0. The number of thioether (sulfide) groups is 1. The second-order valence-electron chi connectivity index (χ2n) is 12.3. The Morgan fingerprint density at radius 1 is 1.11 bits per heavy atom. The van der Waals surface area contributed by atoms with E-state index in [1.165, 1.54) is 31.0 Å². The Hall–Kier alpha value is -2.23. The lowest BCUT2D eigenvalue weighted by atomic mass is 9.53. The van der Waals surface area contributed by atoms with Crippen molar-refractivity contribution in [3.05, 3.63) is 5.76 Å². The SMILES string of the molecule is CC(C)Sc1c(OCC(C)(C)NC(=O)CCCCC(=O)O)noc1C(=O)NC12CC3CC(CC(C3)C1)C2.